The quantitative estimate of drug-likeness (QED) is 0.300. The van der Waals surface area contributed by atoms with Crippen LogP contribution in [0, 0.1) is 0 Å². The second-order valence-corrected chi connectivity index (χ2v) is 9.77. The Hall–Kier alpha value is -4.06. The fraction of sp³-hybridized carbons (Fsp3) is 0.267. The SMILES string of the molecule is CC(C)(C)OC(=O)N(Cc1ccccc1)[C@@H](Cc1c[nH]c2ccccc12)C(=O)OCc1ccccc1. The number of esters is 1. The zero-order valence-electron chi connectivity index (χ0n) is 20.9. The Labute approximate surface area is 211 Å². The van der Waals surface area contributed by atoms with Crippen LogP contribution in [0.5, 0.6) is 0 Å². The van der Waals surface area contributed by atoms with Crippen LogP contribution < -0.4 is 0 Å². The van der Waals surface area contributed by atoms with Gasteiger partial charge >= 0.3 is 12.1 Å². The lowest BCUT2D eigenvalue weighted by molar-refractivity contribution is -0.151. The molecule has 0 aliphatic heterocycles. The Morgan fingerprint density at radius 1 is 0.861 bits per heavy atom. The molecular weight excluding hydrogens is 452 g/mol. The van der Waals surface area contributed by atoms with Crippen molar-refractivity contribution in [3.05, 3.63) is 108 Å². The number of carbonyl (C=O) groups excluding carboxylic acids is 2. The van der Waals surface area contributed by atoms with Crippen molar-refractivity contribution >= 4 is 23.0 Å². The van der Waals surface area contributed by atoms with Gasteiger partial charge in [-0.2, -0.15) is 0 Å². The van der Waals surface area contributed by atoms with Gasteiger partial charge in [-0.05, 0) is 43.5 Å². The highest BCUT2D eigenvalue weighted by atomic mass is 16.6. The summed E-state index contributed by atoms with van der Waals surface area (Å²) in [6, 6.07) is 26.1. The third-order valence-electron chi connectivity index (χ3n) is 5.78. The number of hydrogen-bond donors (Lipinski definition) is 1. The summed E-state index contributed by atoms with van der Waals surface area (Å²) in [4.78, 5) is 31.8. The molecule has 0 saturated heterocycles. The predicted molar refractivity (Wildman–Crippen MR) is 140 cm³/mol. The first-order valence-corrected chi connectivity index (χ1v) is 12.1. The van der Waals surface area contributed by atoms with Crippen LogP contribution in [0.3, 0.4) is 0 Å². The molecule has 6 heteroatoms. The molecule has 0 aliphatic rings. The minimum absolute atomic E-state index is 0.123. The number of aromatic nitrogens is 1. The molecule has 0 unspecified atom stereocenters. The van der Waals surface area contributed by atoms with Gasteiger partial charge in [0.2, 0.25) is 0 Å². The van der Waals surface area contributed by atoms with E-state index in [0.717, 1.165) is 27.6 Å². The predicted octanol–water partition coefficient (Wildman–Crippen LogP) is 6.26. The molecule has 4 aromatic rings. The van der Waals surface area contributed by atoms with Gasteiger partial charge in [0.1, 0.15) is 18.2 Å². The maximum absolute atomic E-state index is 13.6. The lowest BCUT2D eigenvalue weighted by Gasteiger charge is -2.32. The number of fused-ring (bicyclic) bond motifs is 1. The standard InChI is InChI=1S/C30H32N2O4/c1-30(2,3)36-29(34)32(20-22-12-6-4-7-13-22)27(28(33)35-21-23-14-8-5-9-15-23)18-24-19-31-26-17-11-10-16-25(24)26/h4-17,19,27,31H,18,20-21H2,1-3H3/t27-/m0/s1. The normalized spacial score (nSPS) is 12.2. The molecule has 1 N–H and O–H groups in total. The summed E-state index contributed by atoms with van der Waals surface area (Å²) in [6.45, 7) is 5.77. The van der Waals surface area contributed by atoms with Crippen LogP contribution in [0.15, 0.2) is 91.1 Å². The van der Waals surface area contributed by atoms with Crippen molar-refractivity contribution in [1.29, 1.82) is 0 Å². The smallest absolute Gasteiger partial charge is 0.411 e. The first-order valence-electron chi connectivity index (χ1n) is 12.1. The number of carbonyl (C=O) groups is 2. The van der Waals surface area contributed by atoms with Crippen molar-refractivity contribution in [3.8, 4) is 0 Å². The second-order valence-electron chi connectivity index (χ2n) is 9.77. The number of rotatable bonds is 8. The zero-order valence-corrected chi connectivity index (χ0v) is 20.9. The summed E-state index contributed by atoms with van der Waals surface area (Å²) >= 11 is 0. The Morgan fingerprint density at radius 3 is 2.14 bits per heavy atom. The van der Waals surface area contributed by atoms with E-state index in [2.05, 4.69) is 4.98 Å². The van der Waals surface area contributed by atoms with Crippen molar-refractivity contribution in [1.82, 2.24) is 9.88 Å². The number of H-pyrrole nitrogens is 1. The number of aromatic amines is 1. The van der Waals surface area contributed by atoms with E-state index in [1.165, 1.54) is 4.90 Å². The number of nitrogens with zero attached hydrogens (tertiary/aromatic N) is 1. The maximum atomic E-state index is 13.6. The van der Waals surface area contributed by atoms with Crippen molar-refractivity contribution in [2.45, 2.75) is 52.0 Å². The van der Waals surface area contributed by atoms with E-state index in [1.54, 1.807) is 0 Å². The summed E-state index contributed by atoms with van der Waals surface area (Å²) in [5.74, 6) is -0.481. The summed E-state index contributed by atoms with van der Waals surface area (Å²) in [5, 5.41) is 1.00. The fourth-order valence-corrected chi connectivity index (χ4v) is 4.06. The topological polar surface area (TPSA) is 71.6 Å². The van der Waals surface area contributed by atoms with Crippen LogP contribution in [-0.2, 0) is 33.8 Å². The van der Waals surface area contributed by atoms with Gasteiger partial charge < -0.3 is 14.5 Å². The van der Waals surface area contributed by atoms with E-state index in [0.29, 0.717) is 0 Å². The van der Waals surface area contributed by atoms with E-state index < -0.39 is 23.7 Å². The highest BCUT2D eigenvalue weighted by Crippen LogP contribution is 2.24. The summed E-state index contributed by atoms with van der Waals surface area (Å²) < 4.78 is 11.5. The molecule has 0 saturated carbocycles. The van der Waals surface area contributed by atoms with E-state index in [-0.39, 0.29) is 19.6 Å². The maximum Gasteiger partial charge on any atom is 0.411 e. The molecule has 4 rings (SSSR count). The molecule has 0 spiro atoms. The molecule has 1 atom stereocenters. The van der Waals surface area contributed by atoms with Gasteiger partial charge in [0.05, 0.1) is 0 Å². The van der Waals surface area contributed by atoms with Gasteiger partial charge in [0.15, 0.2) is 0 Å². The van der Waals surface area contributed by atoms with Gasteiger partial charge in [-0.15, -0.1) is 0 Å². The zero-order chi connectivity index (χ0) is 25.5. The molecule has 36 heavy (non-hydrogen) atoms. The molecule has 1 aromatic heterocycles. The Kier molecular flexibility index (Phi) is 7.74. The van der Waals surface area contributed by atoms with Crippen LogP contribution in [0.4, 0.5) is 4.79 Å². The van der Waals surface area contributed by atoms with Gasteiger partial charge in [0.25, 0.3) is 0 Å². The average molecular weight is 485 g/mol. The molecule has 1 heterocycles. The van der Waals surface area contributed by atoms with Gasteiger partial charge in [-0.3, -0.25) is 4.90 Å². The van der Waals surface area contributed by atoms with Crippen molar-refractivity contribution in [2.24, 2.45) is 0 Å². The van der Waals surface area contributed by atoms with Gasteiger partial charge in [-0.25, -0.2) is 9.59 Å². The largest absolute Gasteiger partial charge is 0.459 e. The highest BCUT2D eigenvalue weighted by molar-refractivity contribution is 5.86. The molecular formula is C30H32N2O4. The van der Waals surface area contributed by atoms with E-state index in [1.807, 2.05) is 112 Å². The summed E-state index contributed by atoms with van der Waals surface area (Å²) in [6.07, 6.45) is 1.61. The van der Waals surface area contributed by atoms with Crippen LogP contribution >= 0.6 is 0 Å². The Morgan fingerprint density at radius 2 is 1.47 bits per heavy atom. The Balaban J connectivity index is 1.68. The van der Waals surface area contributed by atoms with Crippen LogP contribution in [0.25, 0.3) is 10.9 Å². The van der Waals surface area contributed by atoms with Gasteiger partial charge in [-0.1, -0.05) is 78.9 Å². The van der Waals surface area contributed by atoms with Crippen LogP contribution in [0.2, 0.25) is 0 Å². The lowest BCUT2D eigenvalue weighted by Crippen LogP contribution is -2.48. The molecule has 0 bridgehead atoms. The first kappa shape index (κ1) is 25.0. The minimum atomic E-state index is -0.886. The summed E-state index contributed by atoms with van der Waals surface area (Å²) in [7, 11) is 0. The highest BCUT2D eigenvalue weighted by Gasteiger charge is 2.35. The first-order chi connectivity index (χ1) is 17.3. The van der Waals surface area contributed by atoms with E-state index >= 15 is 0 Å². The molecule has 0 fully saturated rings. The number of amides is 1. The molecule has 1 amide bonds. The molecule has 3 aromatic carbocycles. The number of ether oxygens (including phenoxy) is 2. The third kappa shape index (κ3) is 6.54. The number of hydrogen-bond acceptors (Lipinski definition) is 4. The Bertz CT molecular complexity index is 1290. The van der Waals surface area contributed by atoms with Crippen LogP contribution in [-0.4, -0.2) is 33.6 Å². The third-order valence-corrected chi connectivity index (χ3v) is 5.78. The average Bonchev–Trinajstić information content (AvgIpc) is 3.27. The molecule has 0 radical (unpaired) electrons. The number of benzene rings is 3. The number of nitrogens with one attached hydrogen (secondary N) is 1. The van der Waals surface area contributed by atoms with Crippen molar-refractivity contribution in [3.63, 3.8) is 0 Å². The summed E-state index contributed by atoms with van der Waals surface area (Å²) in [5.41, 5.74) is 2.95. The van der Waals surface area contributed by atoms with E-state index in [4.69, 9.17) is 9.47 Å². The fourth-order valence-electron chi connectivity index (χ4n) is 4.06. The molecule has 0 aliphatic carbocycles. The number of para-hydroxylation sites is 1. The van der Waals surface area contributed by atoms with Crippen molar-refractivity contribution < 1.29 is 19.1 Å². The lowest BCUT2D eigenvalue weighted by atomic mass is 10.0. The van der Waals surface area contributed by atoms with Gasteiger partial charge in [0, 0.05) is 30.1 Å². The molecule has 6 nitrogen and oxygen atoms in total. The monoisotopic (exact) mass is 484 g/mol. The van der Waals surface area contributed by atoms with E-state index in [9.17, 15) is 9.59 Å². The van der Waals surface area contributed by atoms with Crippen molar-refractivity contribution in [2.75, 3.05) is 0 Å². The van der Waals surface area contributed by atoms with Crippen LogP contribution in [0.1, 0.15) is 37.5 Å². The second kappa shape index (κ2) is 11.1. The molecule has 186 valence electrons. The minimum Gasteiger partial charge on any atom is -0.459 e.